The predicted molar refractivity (Wildman–Crippen MR) is 227 cm³/mol. The molecular formula is C42H54N10O8. The second-order valence-corrected chi connectivity index (χ2v) is 14.5. The Labute approximate surface area is 346 Å². The molecule has 0 bridgehead atoms. The summed E-state index contributed by atoms with van der Waals surface area (Å²) in [7, 11) is 2.77. The van der Waals surface area contributed by atoms with Gasteiger partial charge in [0.1, 0.15) is 11.0 Å². The van der Waals surface area contributed by atoms with Gasteiger partial charge < -0.3 is 40.4 Å². The number of nitrogens with zero attached hydrogens (tertiary/aromatic N) is 6. The van der Waals surface area contributed by atoms with Crippen molar-refractivity contribution in [1.82, 2.24) is 39.0 Å². The SMILES string of the molecule is CCCCOc1nc(N)c2[nH]c(=O)n(Cc3ccc(CC(C)C(=O)OC)cc3)c2n1.CCCCOc1nc(N)c2[nH]c(=O)n(Cc3ccc(CC(C)C(=O)OC)cc3)c2n1. The van der Waals surface area contributed by atoms with Gasteiger partial charge in [-0.15, -0.1) is 0 Å². The van der Waals surface area contributed by atoms with E-state index < -0.39 is 0 Å². The molecule has 4 aromatic heterocycles. The molecule has 2 atom stereocenters. The Balaban J connectivity index is 0.000000228. The zero-order valence-electron chi connectivity index (χ0n) is 34.9. The number of nitrogens with one attached hydrogen (secondary N) is 2. The van der Waals surface area contributed by atoms with Crippen LogP contribution in [0.25, 0.3) is 22.3 Å². The molecule has 0 amide bonds. The van der Waals surface area contributed by atoms with Crippen LogP contribution in [0.4, 0.5) is 11.6 Å². The third-order valence-electron chi connectivity index (χ3n) is 9.74. The summed E-state index contributed by atoms with van der Waals surface area (Å²) in [6.07, 6.45) is 4.90. The number of hydrogen-bond acceptors (Lipinski definition) is 14. The van der Waals surface area contributed by atoms with Gasteiger partial charge in [-0.05, 0) is 47.9 Å². The fraction of sp³-hybridized carbons (Fsp3) is 0.429. The van der Waals surface area contributed by atoms with E-state index in [1.54, 1.807) is 0 Å². The molecule has 18 nitrogen and oxygen atoms in total. The van der Waals surface area contributed by atoms with Gasteiger partial charge in [-0.1, -0.05) is 89.1 Å². The Morgan fingerprint density at radius 2 is 0.967 bits per heavy atom. The van der Waals surface area contributed by atoms with Gasteiger partial charge in [-0.3, -0.25) is 18.7 Å². The van der Waals surface area contributed by atoms with E-state index in [0.717, 1.165) is 47.9 Å². The van der Waals surface area contributed by atoms with Crippen LogP contribution in [0, 0.1) is 11.8 Å². The lowest BCUT2D eigenvalue weighted by molar-refractivity contribution is -0.145. The molecule has 320 valence electrons. The van der Waals surface area contributed by atoms with Gasteiger partial charge in [0.05, 0.1) is 52.4 Å². The highest BCUT2D eigenvalue weighted by Gasteiger charge is 2.18. The summed E-state index contributed by atoms with van der Waals surface area (Å²) in [4.78, 5) is 70.6. The molecule has 6 rings (SSSR count). The Morgan fingerprint density at radius 1 is 0.617 bits per heavy atom. The molecule has 0 aliphatic carbocycles. The summed E-state index contributed by atoms with van der Waals surface area (Å²) in [6, 6.07) is 15.8. The molecule has 6 aromatic rings. The second kappa shape index (κ2) is 20.8. The maximum atomic E-state index is 12.5. The highest BCUT2D eigenvalue weighted by atomic mass is 16.5. The Kier molecular flexibility index (Phi) is 15.4. The van der Waals surface area contributed by atoms with Crippen LogP contribution in [0.1, 0.15) is 75.6 Å². The molecule has 2 unspecified atom stereocenters. The van der Waals surface area contributed by atoms with Crippen molar-refractivity contribution < 1.29 is 28.5 Å². The molecule has 0 saturated carbocycles. The summed E-state index contributed by atoms with van der Waals surface area (Å²) in [5.74, 6) is -0.563. The largest absolute Gasteiger partial charge is 0.469 e. The number of methoxy groups -OCH3 is 2. The van der Waals surface area contributed by atoms with Crippen LogP contribution in [-0.2, 0) is 45.0 Å². The number of ether oxygens (including phenoxy) is 4. The van der Waals surface area contributed by atoms with E-state index in [1.807, 2.05) is 62.4 Å². The number of nitrogens with two attached hydrogens (primary N) is 2. The highest BCUT2D eigenvalue weighted by molar-refractivity contribution is 5.82. The van der Waals surface area contributed by atoms with Crippen LogP contribution in [0.3, 0.4) is 0 Å². The van der Waals surface area contributed by atoms with Crippen molar-refractivity contribution in [2.45, 2.75) is 79.3 Å². The summed E-state index contributed by atoms with van der Waals surface area (Å²) < 4.78 is 23.7. The standard InChI is InChI=1S/2C21H27N5O4/c2*1-4-5-10-30-20-24-17(22)16-18(25-20)26(21(28)23-16)12-15-8-6-14(7-9-15)11-13(2)19(27)29-3/h2*6-9,13H,4-5,10-12H2,1-3H3,(H,23,28)(H2,22,24,25). The minimum atomic E-state index is -0.319. The maximum Gasteiger partial charge on any atom is 0.328 e. The number of imidazole rings is 2. The number of fused-ring (bicyclic) bond motifs is 2. The predicted octanol–water partition coefficient (Wildman–Crippen LogP) is 4.56. The first-order valence-corrected chi connectivity index (χ1v) is 19.9. The lowest BCUT2D eigenvalue weighted by Crippen LogP contribution is -2.18. The van der Waals surface area contributed by atoms with Gasteiger partial charge in [0.15, 0.2) is 22.9 Å². The summed E-state index contributed by atoms with van der Waals surface area (Å²) in [6.45, 7) is 9.39. The maximum absolute atomic E-state index is 12.5. The third kappa shape index (κ3) is 11.3. The van der Waals surface area contributed by atoms with Gasteiger partial charge >= 0.3 is 35.3 Å². The number of hydrogen-bond donors (Lipinski definition) is 4. The van der Waals surface area contributed by atoms with Crippen molar-refractivity contribution in [3.8, 4) is 12.0 Å². The van der Waals surface area contributed by atoms with Crippen molar-refractivity contribution in [2.75, 3.05) is 38.9 Å². The van der Waals surface area contributed by atoms with E-state index in [9.17, 15) is 19.2 Å². The van der Waals surface area contributed by atoms with E-state index in [4.69, 9.17) is 30.4 Å². The summed E-state index contributed by atoms with van der Waals surface area (Å²) >= 11 is 0. The molecule has 0 spiro atoms. The monoisotopic (exact) mass is 826 g/mol. The van der Waals surface area contributed by atoms with Crippen LogP contribution in [0.15, 0.2) is 58.1 Å². The van der Waals surface area contributed by atoms with Crippen LogP contribution in [0.2, 0.25) is 0 Å². The number of aromatic amines is 2. The van der Waals surface area contributed by atoms with Crippen molar-refractivity contribution in [1.29, 1.82) is 0 Å². The lowest BCUT2D eigenvalue weighted by atomic mass is 10.0. The van der Waals surface area contributed by atoms with Crippen LogP contribution in [0.5, 0.6) is 12.0 Å². The number of esters is 2. The van der Waals surface area contributed by atoms with Gasteiger partial charge in [-0.25, -0.2) is 9.59 Å². The van der Waals surface area contributed by atoms with Gasteiger partial charge in [0.25, 0.3) is 0 Å². The molecule has 0 radical (unpaired) electrons. The quantitative estimate of drug-likeness (QED) is 0.0685. The number of carbonyl (C=O) groups is 2. The first-order chi connectivity index (χ1) is 28.8. The Hall–Kier alpha value is -6.72. The number of anilines is 2. The van der Waals surface area contributed by atoms with Gasteiger partial charge in [0, 0.05) is 0 Å². The van der Waals surface area contributed by atoms with E-state index in [-0.39, 0.29) is 58.8 Å². The number of carbonyl (C=O) groups excluding carboxylic acids is 2. The molecule has 60 heavy (non-hydrogen) atoms. The smallest absolute Gasteiger partial charge is 0.328 e. The number of aromatic nitrogens is 8. The van der Waals surface area contributed by atoms with Crippen molar-refractivity contribution in [2.24, 2.45) is 11.8 Å². The molecule has 4 heterocycles. The molecule has 6 N–H and O–H groups in total. The highest BCUT2D eigenvalue weighted by Crippen LogP contribution is 2.21. The molecule has 0 aliphatic rings. The van der Waals surface area contributed by atoms with E-state index >= 15 is 0 Å². The van der Waals surface area contributed by atoms with Crippen molar-refractivity contribution in [3.05, 3.63) is 91.8 Å². The topological polar surface area (TPSA) is 250 Å². The lowest BCUT2D eigenvalue weighted by Gasteiger charge is -2.10. The average Bonchev–Trinajstić information content (AvgIpc) is 3.73. The molecule has 0 aliphatic heterocycles. The first kappa shape index (κ1) is 44.4. The summed E-state index contributed by atoms with van der Waals surface area (Å²) in [5.41, 5.74) is 16.8. The minimum Gasteiger partial charge on any atom is -0.469 e. The van der Waals surface area contributed by atoms with E-state index in [1.165, 1.54) is 23.4 Å². The van der Waals surface area contributed by atoms with Crippen LogP contribution in [-0.4, -0.2) is 78.4 Å². The fourth-order valence-electron chi connectivity index (χ4n) is 6.30. The molecule has 0 saturated heterocycles. The van der Waals surface area contributed by atoms with Crippen molar-refractivity contribution >= 4 is 45.9 Å². The van der Waals surface area contributed by atoms with Gasteiger partial charge in [-0.2, -0.15) is 19.9 Å². The van der Waals surface area contributed by atoms with Crippen LogP contribution < -0.4 is 32.3 Å². The van der Waals surface area contributed by atoms with E-state index in [0.29, 0.717) is 61.5 Å². The normalized spacial score (nSPS) is 12.1. The molecule has 0 fully saturated rings. The second-order valence-electron chi connectivity index (χ2n) is 14.5. The summed E-state index contributed by atoms with van der Waals surface area (Å²) in [5, 5.41) is 0. The Morgan fingerprint density at radius 3 is 1.30 bits per heavy atom. The fourth-order valence-corrected chi connectivity index (χ4v) is 6.30. The molecule has 2 aromatic carbocycles. The van der Waals surface area contributed by atoms with Gasteiger partial charge in [0.2, 0.25) is 0 Å². The number of rotatable bonds is 18. The third-order valence-corrected chi connectivity index (χ3v) is 9.74. The number of benzene rings is 2. The minimum absolute atomic E-state index is 0.161. The zero-order valence-corrected chi connectivity index (χ0v) is 34.9. The molecule has 18 heteroatoms. The zero-order chi connectivity index (χ0) is 43.3. The van der Waals surface area contributed by atoms with Crippen molar-refractivity contribution in [3.63, 3.8) is 0 Å². The number of unbranched alkanes of at least 4 members (excludes halogenated alkanes) is 2. The Bertz CT molecular complexity index is 2320. The van der Waals surface area contributed by atoms with E-state index in [2.05, 4.69) is 43.8 Å². The average molecular weight is 827 g/mol. The molecular weight excluding hydrogens is 773 g/mol. The number of nitrogen functional groups attached to an aromatic ring is 2. The first-order valence-electron chi connectivity index (χ1n) is 19.9. The number of H-pyrrole nitrogens is 2. The van der Waals surface area contributed by atoms with Crippen LogP contribution >= 0.6 is 0 Å².